The Morgan fingerprint density at radius 3 is 2.36 bits per heavy atom. The molecule has 0 aromatic heterocycles. The lowest BCUT2D eigenvalue weighted by atomic mass is 10.1. The fourth-order valence-corrected chi connectivity index (χ4v) is 2.05. The summed E-state index contributed by atoms with van der Waals surface area (Å²) in [6, 6.07) is 7.43. The Balaban J connectivity index is 2.97. The minimum atomic E-state index is -3.18. The number of quaternary nitrogens is 1. The highest BCUT2D eigenvalue weighted by Crippen LogP contribution is 2.10. The summed E-state index contributed by atoms with van der Waals surface area (Å²) in [6.07, 6.45) is 0. The highest BCUT2D eigenvalue weighted by atomic mass is 32.2. The van der Waals surface area contributed by atoms with Gasteiger partial charge in [-0.2, -0.15) is 0 Å². The van der Waals surface area contributed by atoms with Gasteiger partial charge in [-0.05, 0) is 12.6 Å². The van der Waals surface area contributed by atoms with Gasteiger partial charge in [0.2, 0.25) is 10.0 Å². The molecule has 0 heterocycles. The van der Waals surface area contributed by atoms with Crippen LogP contribution in [0.2, 0.25) is 0 Å². The molecule has 0 aliphatic heterocycles. The van der Waals surface area contributed by atoms with Gasteiger partial charge < -0.3 is 5.73 Å². The Labute approximate surface area is 84.2 Å². The fourth-order valence-electron chi connectivity index (χ4n) is 1.22. The molecule has 0 saturated carbocycles. The minimum absolute atomic E-state index is 0.0230. The quantitative estimate of drug-likeness (QED) is 0.709. The SMILES string of the molecule is CNS(=O)(=O)Cc1ccccc1C[NH3+]. The molecule has 0 aliphatic rings. The van der Waals surface area contributed by atoms with Crippen molar-refractivity contribution in [2.75, 3.05) is 7.05 Å². The molecule has 1 aromatic rings. The van der Waals surface area contributed by atoms with Crippen LogP contribution in [0, 0.1) is 0 Å². The van der Waals surface area contributed by atoms with Crippen molar-refractivity contribution < 1.29 is 14.2 Å². The number of hydrogen-bond donors (Lipinski definition) is 2. The lowest BCUT2D eigenvalue weighted by Gasteiger charge is -2.06. The molecule has 0 radical (unpaired) electrons. The molecule has 4 N–H and O–H groups in total. The van der Waals surface area contributed by atoms with Crippen molar-refractivity contribution in [1.82, 2.24) is 4.72 Å². The lowest BCUT2D eigenvalue weighted by molar-refractivity contribution is -0.386. The molecule has 4 nitrogen and oxygen atoms in total. The molecule has 0 amide bonds. The van der Waals surface area contributed by atoms with Gasteiger partial charge in [0.15, 0.2) is 0 Å². The molecular weight excluding hydrogens is 200 g/mol. The molecular formula is C9H15N2O2S+. The zero-order valence-electron chi connectivity index (χ0n) is 8.16. The molecule has 0 saturated heterocycles. The third-order valence-electron chi connectivity index (χ3n) is 2.04. The van der Waals surface area contributed by atoms with Crippen LogP contribution in [0.1, 0.15) is 11.1 Å². The van der Waals surface area contributed by atoms with Gasteiger partial charge in [-0.3, -0.25) is 0 Å². The summed E-state index contributed by atoms with van der Waals surface area (Å²) < 4.78 is 24.9. The van der Waals surface area contributed by atoms with Gasteiger partial charge >= 0.3 is 0 Å². The molecule has 5 heteroatoms. The Morgan fingerprint density at radius 1 is 1.29 bits per heavy atom. The van der Waals surface area contributed by atoms with Crippen LogP contribution in [0.4, 0.5) is 0 Å². The number of hydrogen-bond acceptors (Lipinski definition) is 2. The van der Waals surface area contributed by atoms with Crippen LogP contribution in [0.15, 0.2) is 24.3 Å². The van der Waals surface area contributed by atoms with Gasteiger partial charge in [0.1, 0.15) is 0 Å². The molecule has 0 bridgehead atoms. The zero-order chi connectivity index (χ0) is 10.6. The van der Waals surface area contributed by atoms with E-state index in [1.807, 2.05) is 24.3 Å². The number of sulfonamides is 1. The van der Waals surface area contributed by atoms with E-state index in [1.165, 1.54) is 7.05 Å². The minimum Gasteiger partial charge on any atom is -0.354 e. The Bertz CT molecular complexity index is 401. The van der Waals surface area contributed by atoms with E-state index in [4.69, 9.17) is 0 Å². The van der Waals surface area contributed by atoms with Crippen LogP contribution in [0.3, 0.4) is 0 Å². The van der Waals surface area contributed by atoms with Gasteiger partial charge in [-0.25, -0.2) is 13.1 Å². The lowest BCUT2D eigenvalue weighted by Crippen LogP contribution is -2.47. The van der Waals surface area contributed by atoms with Crippen LogP contribution in [-0.2, 0) is 22.3 Å². The van der Waals surface area contributed by atoms with Crippen LogP contribution in [-0.4, -0.2) is 15.5 Å². The van der Waals surface area contributed by atoms with Crippen LogP contribution in [0.5, 0.6) is 0 Å². The third kappa shape index (κ3) is 2.80. The maximum atomic E-state index is 11.3. The molecule has 1 rings (SSSR count). The van der Waals surface area contributed by atoms with Crippen molar-refractivity contribution in [3.05, 3.63) is 35.4 Å². The van der Waals surface area contributed by atoms with Crippen molar-refractivity contribution in [3.63, 3.8) is 0 Å². The largest absolute Gasteiger partial charge is 0.354 e. The Morgan fingerprint density at radius 2 is 1.86 bits per heavy atom. The maximum Gasteiger partial charge on any atom is 0.215 e. The second-order valence-corrected chi connectivity index (χ2v) is 4.91. The Kier molecular flexibility index (Phi) is 3.62. The summed E-state index contributed by atoms with van der Waals surface area (Å²) in [6.45, 7) is 0.607. The number of nitrogens with one attached hydrogen (secondary N) is 1. The van der Waals surface area contributed by atoms with E-state index >= 15 is 0 Å². The van der Waals surface area contributed by atoms with E-state index in [-0.39, 0.29) is 5.75 Å². The Hall–Kier alpha value is -0.910. The standard InChI is InChI=1S/C9H14N2O2S/c1-11-14(12,13)7-9-5-3-2-4-8(9)6-10/h2-5,11H,6-7,10H2,1H3/p+1. The topological polar surface area (TPSA) is 73.8 Å². The number of benzene rings is 1. The van der Waals surface area contributed by atoms with Gasteiger partial charge in [0.05, 0.1) is 12.3 Å². The summed E-state index contributed by atoms with van der Waals surface area (Å²) in [4.78, 5) is 0. The summed E-state index contributed by atoms with van der Waals surface area (Å²) in [5, 5.41) is 0. The average molecular weight is 215 g/mol. The summed E-state index contributed by atoms with van der Waals surface area (Å²) in [5.74, 6) is 0.0230. The predicted molar refractivity (Wildman–Crippen MR) is 54.7 cm³/mol. The van der Waals surface area contributed by atoms with E-state index in [9.17, 15) is 8.42 Å². The molecule has 0 aliphatic carbocycles. The van der Waals surface area contributed by atoms with Crippen molar-refractivity contribution in [3.8, 4) is 0 Å². The van der Waals surface area contributed by atoms with Gasteiger partial charge in [-0.15, -0.1) is 0 Å². The van der Waals surface area contributed by atoms with E-state index in [0.29, 0.717) is 6.54 Å². The first-order valence-corrected chi connectivity index (χ1v) is 6.01. The maximum absolute atomic E-state index is 11.3. The van der Waals surface area contributed by atoms with Crippen LogP contribution < -0.4 is 10.5 Å². The van der Waals surface area contributed by atoms with Crippen LogP contribution >= 0.6 is 0 Å². The zero-order valence-corrected chi connectivity index (χ0v) is 8.97. The van der Waals surface area contributed by atoms with Crippen LogP contribution in [0.25, 0.3) is 0 Å². The molecule has 14 heavy (non-hydrogen) atoms. The summed E-state index contributed by atoms with van der Waals surface area (Å²) >= 11 is 0. The second-order valence-electron chi connectivity index (χ2n) is 2.98. The predicted octanol–water partition coefficient (Wildman–Crippen LogP) is -0.522. The van der Waals surface area contributed by atoms with Crippen molar-refractivity contribution in [2.45, 2.75) is 12.3 Å². The van der Waals surface area contributed by atoms with E-state index in [0.717, 1.165) is 11.1 Å². The monoisotopic (exact) mass is 215 g/mol. The van der Waals surface area contributed by atoms with E-state index in [2.05, 4.69) is 10.5 Å². The second kappa shape index (κ2) is 4.54. The van der Waals surface area contributed by atoms with Gasteiger partial charge in [0.25, 0.3) is 0 Å². The van der Waals surface area contributed by atoms with Crippen molar-refractivity contribution >= 4 is 10.0 Å². The van der Waals surface area contributed by atoms with E-state index in [1.54, 1.807) is 0 Å². The van der Waals surface area contributed by atoms with Crippen molar-refractivity contribution in [1.29, 1.82) is 0 Å². The number of rotatable bonds is 4. The molecule has 1 aromatic carbocycles. The molecule has 78 valence electrons. The molecule has 0 unspecified atom stereocenters. The first kappa shape index (κ1) is 11.2. The third-order valence-corrected chi connectivity index (χ3v) is 3.36. The first-order valence-electron chi connectivity index (χ1n) is 4.36. The van der Waals surface area contributed by atoms with Crippen molar-refractivity contribution in [2.24, 2.45) is 0 Å². The first-order chi connectivity index (χ1) is 6.59. The highest BCUT2D eigenvalue weighted by molar-refractivity contribution is 7.88. The fraction of sp³-hybridized carbons (Fsp3) is 0.333. The molecule has 0 fully saturated rings. The van der Waals surface area contributed by atoms with E-state index < -0.39 is 10.0 Å². The average Bonchev–Trinajstić information content (AvgIpc) is 2.18. The summed E-state index contributed by atoms with van der Waals surface area (Å²) in [7, 11) is -1.76. The molecule has 0 atom stereocenters. The highest BCUT2D eigenvalue weighted by Gasteiger charge is 2.11. The van der Waals surface area contributed by atoms with Gasteiger partial charge in [0, 0.05) is 5.56 Å². The normalized spacial score (nSPS) is 11.6. The summed E-state index contributed by atoms with van der Waals surface area (Å²) in [5.41, 5.74) is 5.55. The smallest absolute Gasteiger partial charge is 0.215 e. The molecule has 0 spiro atoms. The van der Waals surface area contributed by atoms with Gasteiger partial charge in [-0.1, -0.05) is 24.3 Å².